The zero-order valence-electron chi connectivity index (χ0n) is 13.6. The van der Waals surface area contributed by atoms with E-state index in [1.54, 1.807) is 30.3 Å². The predicted molar refractivity (Wildman–Crippen MR) is 89.7 cm³/mol. The van der Waals surface area contributed by atoms with Crippen molar-refractivity contribution in [1.29, 1.82) is 0 Å². The van der Waals surface area contributed by atoms with Gasteiger partial charge in [-0.15, -0.1) is 0 Å². The van der Waals surface area contributed by atoms with Gasteiger partial charge in [-0.3, -0.25) is 9.59 Å². The first-order valence-corrected chi connectivity index (χ1v) is 7.48. The molecular formula is C18H19FN2O3. The second-order valence-corrected chi connectivity index (χ2v) is 5.23. The lowest BCUT2D eigenvalue weighted by Crippen LogP contribution is -2.25. The van der Waals surface area contributed by atoms with E-state index in [1.165, 1.54) is 26.2 Å². The molecule has 0 saturated heterocycles. The van der Waals surface area contributed by atoms with Gasteiger partial charge < -0.3 is 15.4 Å². The van der Waals surface area contributed by atoms with Crippen LogP contribution in [-0.2, 0) is 11.2 Å². The topological polar surface area (TPSA) is 67.4 Å². The van der Waals surface area contributed by atoms with Crippen molar-refractivity contribution in [3.8, 4) is 5.75 Å². The molecule has 2 rings (SSSR count). The molecule has 0 atom stereocenters. The molecule has 0 bridgehead atoms. The van der Waals surface area contributed by atoms with Crippen LogP contribution in [0.25, 0.3) is 0 Å². The Morgan fingerprint density at radius 3 is 2.46 bits per heavy atom. The summed E-state index contributed by atoms with van der Waals surface area (Å²) >= 11 is 0. The van der Waals surface area contributed by atoms with Crippen LogP contribution in [0.2, 0.25) is 0 Å². The van der Waals surface area contributed by atoms with Gasteiger partial charge in [0.05, 0.1) is 12.8 Å². The Hall–Kier alpha value is -2.89. The van der Waals surface area contributed by atoms with Gasteiger partial charge in [-0.1, -0.05) is 12.1 Å². The molecule has 2 N–H and O–H groups in total. The van der Waals surface area contributed by atoms with Crippen LogP contribution >= 0.6 is 0 Å². The minimum Gasteiger partial charge on any atom is -0.495 e. The first-order chi connectivity index (χ1) is 11.5. The number of carbonyl (C=O) groups is 2. The van der Waals surface area contributed by atoms with E-state index in [9.17, 15) is 14.0 Å². The quantitative estimate of drug-likeness (QED) is 0.856. The maximum Gasteiger partial charge on any atom is 0.251 e. The normalized spacial score (nSPS) is 10.1. The van der Waals surface area contributed by atoms with Crippen LogP contribution < -0.4 is 15.4 Å². The Bertz CT molecular complexity index is 730. The number of methoxy groups -OCH3 is 1. The summed E-state index contributed by atoms with van der Waals surface area (Å²) in [7, 11) is 1.49. The molecular weight excluding hydrogens is 311 g/mol. The summed E-state index contributed by atoms with van der Waals surface area (Å²) in [4.78, 5) is 23.4. The third kappa shape index (κ3) is 4.81. The summed E-state index contributed by atoms with van der Waals surface area (Å²) in [6.07, 6.45) is 0.598. The molecule has 5 nitrogen and oxygen atoms in total. The lowest BCUT2D eigenvalue weighted by molar-refractivity contribution is -0.114. The fourth-order valence-corrected chi connectivity index (χ4v) is 2.21. The molecule has 0 unspecified atom stereocenters. The highest BCUT2D eigenvalue weighted by Gasteiger charge is 2.11. The van der Waals surface area contributed by atoms with E-state index in [1.807, 2.05) is 0 Å². The maximum absolute atomic E-state index is 12.8. The number of amides is 2. The molecule has 0 aliphatic carbocycles. The zero-order chi connectivity index (χ0) is 17.5. The fraction of sp³-hybridized carbons (Fsp3) is 0.222. The van der Waals surface area contributed by atoms with Gasteiger partial charge >= 0.3 is 0 Å². The fourth-order valence-electron chi connectivity index (χ4n) is 2.21. The summed E-state index contributed by atoms with van der Waals surface area (Å²) < 4.78 is 18.0. The monoisotopic (exact) mass is 330 g/mol. The SMILES string of the molecule is COc1ccc(C(=O)NCCc2ccc(F)cc2)cc1NC(C)=O. The van der Waals surface area contributed by atoms with Crippen LogP contribution in [0.4, 0.5) is 10.1 Å². The highest BCUT2D eigenvalue weighted by molar-refractivity contribution is 5.97. The molecule has 0 aliphatic heterocycles. The van der Waals surface area contributed by atoms with Crippen molar-refractivity contribution >= 4 is 17.5 Å². The van der Waals surface area contributed by atoms with Gasteiger partial charge in [0, 0.05) is 19.0 Å². The lowest BCUT2D eigenvalue weighted by Gasteiger charge is -2.11. The Morgan fingerprint density at radius 2 is 1.83 bits per heavy atom. The maximum atomic E-state index is 12.8. The van der Waals surface area contributed by atoms with E-state index in [0.717, 1.165) is 5.56 Å². The number of hydrogen-bond donors (Lipinski definition) is 2. The van der Waals surface area contributed by atoms with E-state index >= 15 is 0 Å². The third-order valence-electron chi connectivity index (χ3n) is 3.38. The molecule has 126 valence electrons. The molecule has 0 fully saturated rings. The van der Waals surface area contributed by atoms with Crippen LogP contribution in [0.15, 0.2) is 42.5 Å². The highest BCUT2D eigenvalue weighted by Crippen LogP contribution is 2.25. The molecule has 0 radical (unpaired) electrons. The Balaban J connectivity index is 1.98. The lowest BCUT2D eigenvalue weighted by atomic mass is 10.1. The first-order valence-electron chi connectivity index (χ1n) is 7.48. The van der Waals surface area contributed by atoms with Crippen molar-refractivity contribution in [2.45, 2.75) is 13.3 Å². The number of ether oxygens (including phenoxy) is 1. The molecule has 0 aromatic heterocycles. The van der Waals surface area contributed by atoms with Gasteiger partial charge in [0.15, 0.2) is 0 Å². The number of anilines is 1. The molecule has 6 heteroatoms. The van der Waals surface area contributed by atoms with Gasteiger partial charge in [0.1, 0.15) is 11.6 Å². The Kier molecular flexibility index (Phi) is 5.89. The van der Waals surface area contributed by atoms with E-state index in [4.69, 9.17) is 4.74 Å². The zero-order valence-corrected chi connectivity index (χ0v) is 13.6. The smallest absolute Gasteiger partial charge is 0.251 e. The van der Waals surface area contributed by atoms with Crippen LogP contribution in [0.1, 0.15) is 22.8 Å². The molecule has 2 aromatic carbocycles. The molecule has 2 aromatic rings. The number of hydrogen-bond acceptors (Lipinski definition) is 3. The van der Waals surface area contributed by atoms with Crippen molar-refractivity contribution in [1.82, 2.24) is 5.32 Å². The highest BCUT2D eigenvalue weighted by atomic mass is 19.1. The standard InChI is InChI=1S/C18H19FN2O3/c1-12(22)21-16-11-14(5-8-17(16)24-2)18(23)20-10-9-13-3-6-15(19)7-4-13/h3-8,11H,9-10H2,1-2H3,(H,20,23)(H,21,22). The minimum atomic E-state index is -0.286. The van der Waals surface area contributed by atoms with Crippen LogP contribution in [0, 0.1) is 5.82 Å². The molecule has 0 aliphatic rings. The van der Waals surface area contributed by atoms with Crippen LogP contribution in [0.3, 0.4) is 0 Å². The Morgan fingerprint density at radius 1 is 1.12 bits per heavy atom. The predicted octanol–water partition coefficient (Wildman–Crippen LogP) is 2.77. The van der Waals surface area contributed by atoms with Crippen molar-refractivity contribution in [3.05, 3.63) is 59.4 Å². The summed E-state index contributed by atoms with van der Waals surface area (Å²) in [5, 5.41) is 5.42. The largest absolute Gasteiger partial charge is 0.495 e. The summed E-state index contributed by atoms with van der Waals surface area (Å²) in [6.45, 7) is 1.81. The van der Waals surface area contributed by atoms with Gasteiger partial charge in [0.2, 0.25) is 5.91 Å². The average Bonchev–Trinajstić information content (AvgIpc) is 2.56. The van der Waals surface area contributed by atoms with Crippen molar-refractivity contribution < 1.29 is 18.7 Å². The summed E-state index contributed by atoms with van der Waals surface area (Å²) in [5.74, 6) is -0.312. The number of benzene rings is 2. The number of nitrogens with one attached hydrogen (secondary N) is 2. The Labute approximate surface area is 139 Å². The molecule has 24 heavy (non-hydrogen) atoms. The number of halogens is 1. The van der Waals surface area contributed by atoms with Crippen molar-refractivity contribution in [2.24, 2.45) is 0 Å². The van der Waals surface area contributed by atoms with E-state index in [-0.39, 0.29) is 17.6 Å². The van der Waals surface area contributed by atoms with E-state index in [2.05, 4.69) is 10.6 Å². The van der Waals surface area contributed by atoms with Gasteiger partial charge in [-0.2, -0.15) is 0 Å². The van der Waals surface area contributed by atoms with E-state index in [0.29, 0.717) is 30.0 Å². The number of carbonyl (C=O) groups excluding carboxylic acids is 2. The van der Waals surface area contributed by atoms with Gasteiger partial charge in [0.25, 0.3) is 5.91 Å². The molecule has 0 spiro atoms. The average molecular weight is 330 g/mol. The molecule has 2 amide bonds. The van der Waals surface area contributed by atoms with Gasteiger partial charge in [-0.05, 0) is 42.3 Å². The van der Waals surface area contributed by atoms with Crippen LogP contribution in [-0.4, -0.2) is 25.5 Å². The van der Waals surface area contributed by atoms with Gasteiger partial charge in [-0.25, -0.2) is 4.39 Å². The second-order valence-electron chi connectivity index (χ2n) is 5.23. The number of rotatable bonds is 6. The van der Waals surface area contributed by atoms with E-state index < -0.39 is 0 Å². The third-order valence-corrected chi connectivity index (χ3v) is 3.38. The summed E-state index contributed by atoms with van der Waals surface area (Å²) in [6, 6.07) is 11.0. The van der Waals surface area contributed by atoms with Crippen LogP contribution in [0.5, 0.6) is 5.75 Å². The van der Waals surface area contributed by atoms with Crippen molar-refractivity contribution in [3.63, 3.8) is 0 Å². The first kappa shape index (κ1) is 17.5. The summed E-state index contributed by atoms with van der Waals surface area (Å²) in [5.41, 5.74) is 1.79. The minimum absolute atomic E-state index is 0.248. The molecule has 0 heterocycles. The van der Waals surface area contributed by atoms with Crippen molar-refractivity contribution in [2.75, 3.05) is 19.0 Å². The molecule has 0 saturated carbocycles. The second kappa shape index (κ2) is 8.10.